The molecule has 0 saturated carbocycles. The van der Waals surface area contributed by atoms with Crippen molar-refractivity contribution in [3.05, 3.63) is 96.6 Å². The van der Waals surface area contributed by atoms with Crippen molar-refractivity contribution in [3.8, 4) is 17.2 Å². The number of benzene rings is 2. The van der Waals surface area contributed by atoms with E-state index in [0.29, 0.717) is 29.6 Å². The Kier molecular flexibility index (Phi) is 7.79. The van der Waals surface area contributed by atoms with E-state index < -0.39 is 0 Å². The summed E-state index contributed by atoms with van der Waals surface area (Å²) in [6.45, 7) is 4.40. The van der Waals surface area contributed by atoms with Crippen LogP contribution in [0, 0.1) is 0 Å². The number of pyridine rings is 1. The number of anilines is 2. The molecule has 1 aliphatic heterocycles. The van der Waals surface area contributed by atoms with Gasteiger partial charge in [-0.1, -0.05) is 13.0 Å². The number of hydrogen-bond donors (Lipinski definition) is 2. The number of amides is 1. The molecule has 3 heterocycles. The highest BCUT2D eigenvalue weighted by Crippen LogP contribution is 2.44. The van der Waals surface area contributed by atoms with Crippen molar-refractivity contribution >= 4 is 34.6 Å². The first-order chi connectivity index (χ1) is 19.0. The van der Waals surface area contributed by atoms with Gasteiger partial charge in [-0.2, -0.15) is 0 Å². The highest BCUT2D eigenvalue weighted by Gasteiger charge is 2.42. The topological polar surface area (TPSA) is 80.7 Å². The van der Waals surface area contributed by atoms with Gasteiger partial charge in [-0.15, -0.1) is 0 Å². The Morgan fingerprint density at radius 3 is 2.54 bits per heavy atom. The van der Waals surface area contributed by atoms with E-state index in [9.17, 15) is 4.79 Å². The standard InChI is InChI=1S/C30H31N5O3S/c1-4-27(36)32-23-16-13-21(19-26(23)37-3)35-29(28(33-30(35)39)24-9-6-7-17-31-24)25-10-8-18-34(25)20-11-14-22(15-12-20)38-5-2/h6-19,28-29H,4-5H2,1-3H3,(H,32,36)(H,33,39)/t28-,29-/m1/s1. The average molecular weight is 542 g/mol. The number of hydrogen-bond acceptors (Lipinski definition) is 5. The summed E-state index contributed by atoms with van der Waals surface area (Å²) in [4.78, 5) is 18.8. The minimum atomic E-state index is -0.227. The summed E-state index contributed by atoms with van der Waals surface area (Å²) in [6.07, 6.45) is 4.21. The van der Waals surface area contributed by atoms with Gasteiger partial charge in [0.25, 0.3) is 0 Å². The lowest BCUT2D eigenvalue weighted by Gasteiger charge is -2.29. The molecule has 4 aromatic rings. The number of thiocarbonyl (C=S) groups is 1. The van der Waals surface area contributed by atoms with E-state index >= 15 is 0 Å². The summed E-state index contributed by atoms with van der Waals surface area (Å²) in [5, 5.41) is 6.98. The number of carbonyl (C=O) groups excluding carboxylic acids is 1. The predicted octanol–water partition coefficient (Wildman–Crippen LogP) is 5.81. The molecule has 1 fully saturated rings. The van der Waals surface area contributed by atoms with Gasteiger partial charge in [-0.05, 0) is 79.8 Å². The second-order valence-corrected chi connectivity index (χ2v) is 9.40. The molecule has 1 saturated heterocycles. The molecule has 1 amide bonds. The molecular weight excluding hydrogens is 510 g/mol. The number of nitrogens with one attached hydrogen (secondary N) is 2. The molecule has 5 rings (SSSR count). The zero-order valence-corrected chi connectivity index (χ0v) is 22.9. The van der Waals surface area contributed by atoms with Crippen LogP contribution in [-0.2, 0) is 4.79 Å². The summed E-state index contributed by atoms with van der Waals surface area (Å²) in [5.74, 6) is 1.30. The Bertz CT molecular complexity index is 1460. The highest BCUT2D eigenvalue weighted by molar-refractivity contribution is 7.80. The number of methoxy groups -OCH3 is 1. The maximum Gasteiger partial charge on any atom is 0.224 e. The summed E-state index contributed by atoms with van der Waals surface area (Å²) in [5.41, 5.74) is 4.37. The van der Waals surface area contributed by atoms with E-state index in [1.54, 1.807) is 13.3 Å². The van der Waals surface area contributed by atoms with Crippen LogP contribution in [0.15, 0.2) is 85.2 Å². The molecule has 0 unspecified atom stereocenters. The van der Waals surface area contributed by atoms with Crippen LogP contribution in [0.5, 0.6) is 11.5 Å². The van der Waals surface area contributed by atoms with Gasteiger partial charge in [-0.25, -0.2) is 0 Å². The van der Waals surface area contributed by atoms with Crippen LogP contribution in [-0.4, -0.2) is 34.3 Å². The number of carbonyl (C=O) groups is 1. The quantitative estimate of drug-likeness (QED) is 0.259. The molecule has 39 heavy (non-hydrogen) atoms. The van der Waals surface area contributed by atoms with Gasteiger partial charge in [0.2, 0.25) is 5.91 Å². The predicted molar refractivity (Wildman–Crippen MR) is 157 cm³/mol. The normalized spacial score (nSPS) is 16.6. The zero-order valence-electron chi connectivity index (χ0n) is 22.1. The summed E-state index contributed by atoms with van der Waals surface area (Å²) >= 11 is 5.91. The second kappa shape index (κ2) is 11.6. The molecule has 9 heteroatoms. The highest BCUT2D eigenvalue weighted by atomic mass is 32.1. The van der Waals surface area contributed by atoms with Crippen LogP contribution < -0.4 is 25.0 Å². The van der Waals surface area contributed by atoms with Crippen molar-refractivity contribution in [1.29, 1.82) is 0 Å². The molecule has 0 radical (unpaired) electrons. The minimum absolute atomic E-state index is 0.0827. The fourth-order valence-electron chi connectivity index (χ4n) is 4.84. The molecule has 2 aromatic heterocycles. The van der Waals surface area contributed by atoms with E-state index in [1.165, 1.54) is 0 Å². The van der Waals surface area contributed by atoms with Crippen LogP contribution in [0.3, 0.4) is 0 Å². The number of aromatic nitrogens is 2. The Morgan fingerprint density at radius 1 is 1.05 bits per heavy atom. The molecule has 0 spiro atoms. The van der Waals surface area contributed by atoms with Gasteiger partial charge in [0.05, 0.1) is 31.1 Å². The van der Waals surface area contributed by atoms with Gasteiger partial charge in [0, 0.05) is 41.9 Å². The molecular formula is C30H31N5O3S. The van der Waals surface area contributed by atoms with Gasteiger partial charge in [0.1, 0.15) is 17.5 Å². The first-order valence-electron chi connectivity index (χ1n) is 12.9. The molecule has 0 bridgehead atoms. The first kappa shape index (κ1) is 26.2. The zero-order chi connectivity index (χ0) is 27.4. The molecule has 0 aliphatic carbocycles. The maximum atomic E-state index is 12.1. The number of rotatable bonds is 9. The maximum absolute atomic E-state index is 12.1. The number of ether oxygens (including phenoxy) is 2. The largest absolute Gasteiger partial charge is 0.494 e. The third-order valence-electron chi connectivity index (χ3n) is 6.67. The van der Waals surface area contributed by atoms with Crippen LogP contribution in [0.1, 0.15) is 43.7 Å². The van der Waals surface area contributed by atoms with Gasteiger partial charge >= 0.3 is 0 Å². The van der Waals surface area contributed by atoms with E-state index in [2.05, 4.69) is 31.2 Å². The summed E-state index contributed by atoms with van der Waals surface area (Å²) < 4.78 is 13.5. The lowest BCUT2D eigenvalue weighted by atomic mass is 10.0. The number of nitrogens with zero attached hydrogens (tertiary/aromatic N) is 3. The lowest BCUT2D eigenvalue weighted by Crippen LogP contribution is -2.30. The van der Waals surface area contributed by atoms with Gasteiger partial charge in [0.15, 0.2) is 5.11 Å². The smallest absolute Gasteiger partial charge is 0.224 e. The molecule has 2 atom stereocenters. The Balaban J connectivity index is 1.60. The van der Waals surface area contributed by atoms with Gasteiger partial charge in [-0.3, -0.25) is 9.78 Å². The molecule has 2 N–H and O–H groups in total. The minimum Gasteiger partial charge on any atom is -0.494 e. The third kappa shape index (κ3) is 5.31. The third-order valence-corrected chi connectivity index (χ3v) is 6.98. The molecule has 1 aliphatic rings. The molecule has 2 aromatic carbocycles. The van der Waals surface area contributed by atoms with Crippen molar-refractivity contribution in [2.24, 2.45) is 0 Å². The van der Waals surface area contributed by atoms with Gasteiger partial charge < -0.3 is 29.6 Å². The van der Waals surface area contributed by atoms with Crippen molar-refractivity contribution < 1.29 is 14.3 Å². The van der Waals surface area contributed by atoms with Crippen LogP contribution >= 0.6 is 12.2 Å². The fraction of sp³-hybridized carbons (Fsp3) is 0.233. The lowest BCUT2D eigenvalue weighted by molar-refractivity contribution is -0.115. The average Bonchev–Trinajstić information content (AvgIpc) is 3.58. The first-order valence-corrected chi connectivity index (χ1v) is 13.3. The second-order valence-electron chi connectivity index (χ2n) is 9.01. The van der Waals surface area contributed by atoms with Crippen LogP contribution in [0.4, 0.5) is 11.4 Å². The van der Waals surface area contributed by atoms with Crippen molar-refractivity contribution in [1.82, 2.24) is 14.9 Å². The van der Waals surface area contributed by atoms with Crippen molar-refractivity contribution in [2.45, 2.75) is 32.4 Å². The Hall–Kier alpha value is -4.37. The van der Waals surface area contributed by atoms with Crippen LogP contribution in [0.2, 0.25) is 0 Å². The van der Waals surface area contributed by atoms with E-state index in [0.717, 1.165) is 28.5 Å². The molecule has 8 nitrogen and oxygen atoms in total. The van der Waals surface area contributed by atoms with Crippen molar-refractivity contribution in [3.63, 3.8) is 0 Å². The van der Waals surface area contributed by atoms with E-state index in [4.69, 9.17) is 21.7 Å². The van der Waals surface area contributed by atoms with Crippen LogP contribution in [0.25, 0.3) is 5.69 Å². The fourth-order valence-corrected chi connectivity index (χ4v) is 5.19. The SMILES string of the molecule is CCOc1ccc(-n2cccc2[C@@H]2[C@@H](c3ccccn3)NC(=S)N2c2ccc(NC(=O)CC)c(OC)c2)cc1. The Labute approximate surface area is 233 Å². The van der Waals surface area contributed by atoms with E-state index in [1.807, 2.05) is 86.8 Å². The summed E-state index contributed by atoms with van der Waals surface area (Å²) in [6, 6.07) is 23.3. The molecule has 200 valence electrons. The monoisotopic (exact) mass is 541 g/mol. The Morgan fingerprint density at radius 2 is 1.85 bits per heavy atom. The van der Waals surface area contributed by atoms with Crippen molar-refractivity contribution in [2.75, 3.05) is 23.9 Å². The van der Waals surface area contributed by atoms with E-state index in [-0.39, 0.29) is 18.0 Å². The summed E-state index contributed by atoms with van der Waals surface area (Å²) in [7, 11) is 1.59.